The molecule has 6 heteroatoms. The third-order valence-electron chi connectivity index (χ3n) is 4.23. The second kappa shape index (κ2) is 6.24. The zero-order valence-corrected chi connectivity index (χ0v) is 14.1. The largest absolute Gasteiger partial charge is 0.322 e. The van der Waals surface area contributed by atoms with Crippen molar-refractivity contribution >= 4 is 23.2 Å². The summed E-state index contributed by atoms with van der Waals surface area (Å²) in [5.74, 6) is 2.56. The van der Waals surface area contributed by atoms with Gasteiger partial charge in [-0.3, -0.25) is 5.10 Å². The number of anilines is 2. The van der Waals surface area contributed by atoms with Crippen LogP contribution < -0.4 is 5.32 Å². The van der Waals surface area contributed by atoms with E-state index in [4.69, 9.17) is 11.6 Å². The molecule has 0 saturated heterocycles. The van der Waals surface area contributed by atoms with Gasteiger partial charge in [0.1, 0.15) is 5.02 Å². The maximum absolute atomic E-state index is 6.24. The Labute approximate surface area is 145 Å². The number of hydrogen-bond acceptors (Lipinski definition) is 4. The summed E-state index contributed by atoms with van der Waals surface area (Å²) in [5, 5.41) is 11.0. The number of halogens is 1. The van der Waals surface area contributed by atoms with Crippen molar-refractivity contribution < 1.29 is 0 Å². The summed E-state index contributed by atoms with van der Waals surface area (Å²) in [6.07, 6.45) is 5.09. The van der Waals surface area contributed by atoms with Crippen LogP contribution in [0.25, 0.3) is 11.4 Å². The van der Waals surface area contributed by atoms with Crippen molar-refractivity contribution in [1.29, 1.82) is 0 Å². The predicted molar refractivity (Wildman–Crippen MR) is 95.7 cm³/mol. The molecule has 1 saturated carbocycles. The fourth-order valence-corrected chi connectivity index (χ4v) is 2.75. The zero-order valence-electron chi connectivity index (χ0n) is 13.4. The van der Waals surface area contributed by atoms with E-state index in [0.29, 0.717) is 22.6 Å². The highest BCUT2D eigenvalue weighted by Gasteiger charge is 2.25. The third kappa shape index (κ3) is 3.12. The topological polar surface area (TPSA) is 66.5 Å². The molecular weight excluding hydrogens is 322 g/mol. The summed E-state index contributed by atoms with van der Waals surface area (Å²) >= 11 is 6.24. The average Bonchev–Trinajstić information content (AvgIpc) is 3.36. The Balaban J connectivity index is 1.59. The summed E-state index contributed by atoms with van der Waals surface area (Å²) in [4.78, 5) is 8.89. The summed E-state index contributed by atoms with van der Waals surface area (Å²) in [7, 11) is 0. The Morgan fingerprint density at radius 3 is 2.75 bits per heavy atom. The van der Waals surface area contributed by atoms with E-state index in [0.717, 1.165) is 23.5 Å². The van der Waals surface area contributed by atoms with Crippen LogP contribution in [0, 0.1) is 0 Å². The van der Waals surface area contributed by atoms with Crippen molar-refractivity contribution in [3.63, 3.8) is 0 Å². The molecule has 1 aliphatic carbocycles. The summed E-state index contributed by atoms with van der Waals surface area (Å²) in [6.45, 7) is 2.13. The Morgan fingerprint density at radius 2 is 2.04 bits per heavy atom. The van der Waals surface area contributed by atoms with Gasteiger partial charge in [-0.25, -0.2) is 9.97 Å². The molecule has 122 valence electrons. The number of nitrogens with one attached hydrogen (secondary N) is 2. The lowest BCUT2D eigenvalue weighted by molar-refractivity contribution is 0.966. The van der Waals surface area contributed by atoms with E-state index in [1.807, 2.05) is 18.2 Å². The molecule has 2 N–H and O–H groups in total. The van der Waals surface area contributed by atoms with Crippen molar-refractivity contribution in [2.75, 3.05) is 5.32 Å². The van der Waals surface area contributed by atoms with E-state index in [9.17, 15) is 0 Å². The molecule has 3 aromatic rings. The Bertz CT molecular complexity index is 852. The lowest BCUT2D eigenvalue weighted by Gasteiger charge is -2.07. The van der Waals surface area contributed by atoms with Crippen LogP contribution in [0.4, 0.5) is 11.6 Å². The van der Waals surface area contributed by atoms with Gasteiger partial charge >= 0.3 is 0 Å². The molecule has 2 aromatic heterocycles. The predicted octanol–water partition coefficient (Wildman–Crippen LogP) is 4.70. The van der Waals surface area contributed by atoms with Crippen LogP contribution in [-0.4, -0.2) is 20.2 Å². The molecule has 5 nitrogen and oxygen atoms in total. The molecule has 24 heavy (non-hydrogen) atoms. The van der Waals surface area contributed by atoms with E-state index in [-0.39, 0.29) is 0 Å². The number of aryl methyl sites for hydroxylation is 1. The van der Waals surface area contributed by atoms with Gasteiger partial charge in [0, 0.05) is 23.2 Å². The fraction of sp³-hybridized carbons (Fsp3) is 0.278. The highest BCUT2D eigenvalue weighted by molar-refractivity contribution is 6.32. The number of aromatic amines is 1. The lowest BCUT2D eigenvalue weighted by atomic mass is 10.1. The normalized spacial score (nSPS) is 13.9. The van der Waals surface area contributed by atoms with Crippen molar-refractivity contribution in [2.45, 2.75) is 32.1 Å². The highest BCUT2D eigenvalue weighted by atomic mass is 35.5. The number of benzene rings is 1. The molecule has 0 amide bonds. The fourth-order valence-electron chi connectivity index (χ4n) is 2.61. The number of nitrogens with zero attached hydrogens (tertiary/aromatic N) is 3. The summed E-state index contributed by atoms with van der Waals surface area (Å²) < 4.78 is 0. The highest BCUT2D eigenvalue weighted by Crippen LogP contribution is 2.39. The molecule has 4 rings (SSSR count). The Morgan fingerprint density at radius 1 is 1.25 bits per heavy atom. The third-order valence-corrected chi connectivity index (χ3v) is 4.50. The minimum Gasteiger partial charge on any atom is -0.322 e. The second-order valence-electron chi connectivity index (χ2n) is 6.05. The van der Waals surface area contributed by atoms with Gasteiger partial charge in [-0.15, -0.1) is 0 Å². The van der Waals surface area contributed by atoms with Gasteiger partial charge in [0.2, 0.25) is 0 Å². The number of H-pyrrole nitrogens is 1. The van der Waals surface area contributed by atoms with E-state index in [2.05, 4.69) is 44.5 Å². The number of rotatable bonds is 5. The van der Waals surface area contributed by atoms with Crippen molar-refractivity contribution in [1.82, 2.24) is 20.2 Å². The lowest BCUT2D eigenvalue weighted by Crippen LogP contribution is -1.98. The van der Waals surface area contributed by atoms with Crippen LogP contribution >= 0.6 is 11.6 Å². The first-order chi connectivity index (χ1) is 11.7. The summed E-state index contributed by atoms with van der Waals surface area (Å²) in [6, 6.07) is 10.3. The van der Waals surface area contributed by atoms with Gasteiger partial charge in [0.25, 0.3) is 0 Å². The Kier molecular flexibility index (Phi) is 3.94. The minimum absolute atomic E-state index is 0.472. The molecule has 0 unspecified atom stereocenters. The molecule has 0 atom stereocenters. The van der Waals surface area contributed by atoms with Gasteiger partial charge in [0.05, 0.1) is 6.20 Å². The quantitative estimate of drug-likeness (QED) is 0.706. The van der Waals surface area contributed by atoms with Crippen LogP contribution in [0.5, 0.6) is 0 Å². The van der Waals surface area contributed by atoms with Crippen LogP contribution in [0.1, 0.15) is 36.9 Å². The average molecular weight is 340 g/mol. The van der Waals surface area contributed by atoms with E-state index >= 15 is 0 Å². The van der Waals surface area contributed by atoms with Crippen LogP contribution in [-0.2, 0) is 6.42 Å². The molecule has 1 aromatic carbocycles. The maximum atomic E-state index is 6.24. The molecular formula is C18H18ClN5. The van der Waals surface area contributed by atoms with E-state index in [1.165, 1.54) is 18.4 Å². The summed E-state index contributed by atoms with van der Waals surface area (Å²) in [5.41, 5.74) is 3.42. The molecule has 1 aliphatic rings. The number of hydrogen-bond donors (Lipinski definition) is 2. The first-order valence-corrected chi connectivity index (χ1v) is 8.55. The second-order valence-corrected chi connectivity index (χ2v) is 6.46. The SMILES string of the molecule is CCc1ccc(-c2ncc(Cl)c(Nc3cc(C4CC4)[nH]n3)n2)cc1. The van der Waals surface area contributed by atoms with Gasteiger partial charge in [0.15, 0.2) is 17.5 Å². The molecule has 0 spiro atoms. The molecule has 0 radical (unpaired) electrons. The minimum atomic E-state index is 0.472. The Hall–Kier alpha value is -2.40. The molecule has 2 heterocycles. The van der Waals surface area contributed by atoms with Crippen LogP contribution in [0.15, 0.2) is 36.5 Å². The van der Waals surface area contributed by atoms with Crippen molar-refractivity contribution in [2.24, 2.45) is 0 Å². The van der Waals surface area contributed by atoms with Crippen molar-refractivity contribution in [3.8, 4) is 11.4 Å². The van der Waals surface area contributed by atoms with Gasteiger partial charge < -0.3 is 5.32 Å². The van der Waals surface area contributed by atoms with Gasteiger partial charge in [-0.1, -0.05) is 42.8 Å². The van der Waals surface area contributed by atoms with Crippen LogP contribution in [0.2, 0.25) is 5.02 Å². The smallest absolute Gasteiger partial charge is 0.161 e. The molecule has 0 bridgehead atoms. The monoisotopic (exact) mass is 339 g/mol. The molecule has 0 aliphatic heterocycles. The van der Waals surface area contributed by atoms with Crippen LogP contribution in [0.3, 0.4) is 0 Å². The zero-order chi connectivity index (χ0) is 16.5. The van der Waals surface area contributed by atoms with Gasteiger partial charge in [-0.05, 0) is 24.8 Å². The standard InChI is InChI=1S/C18H18ClN5/c1-2-11-3-5-13(6-4-11)17-20-10-14(19)18(22-17)21-16-9-15(23-24-16)12-7-8-12/h3-6,9-10,12H,2,7-8H2,1H3,(H2,20,21,22,23,24). The first-order valence-electron chi connectivity index (χ1n) is 8.17. The van der Waals surface area contributed by atoms with Gasteiger partial charge in [-0.2, -0.15) is 5.10 Å². The maximum Gasteiger partial charge on any atom is 0.161 e. The van der Waals surface area contributed by atoms with Crippen molar-refractivity contribution in [3.05, 3.63) is 52.8 Å². The number of aromatic nitrogens is 4. The first kappa shape index (κ1) is 15.1. The van der Waals surface area contributed by atoms with E-state index < -0.39 is 0 Å². The molecule has 1 fully saturated rings. The van der Waals surface area contributed by atoms with E-state index in [1.54, 1.807) is 6.20 Å².